The predicted molar refractivity (Wildman–Crippen MR) is 116 cm³/mol. The second-order valence-corrected chi connectivity index (χ2v) is 9.87. The van der Waals surface area contributed by atoms with Gasteiger partial charge in [-0.1, -0.05) is 6.08 Å². The van der Waals surface area contributed by atoms with Crippen LogP contribution in [-0.2, 0) is 9.59 Å². The molecule has 3 aliphatic heterocycles. The largest absolute Gasteiger partial charge is 0.421 e. The third-order valence-corrected chi connectivity index (χ3v) is 7.14. The normalized spacial score (nSPS) is 30.9. The number of rotatable bonds is 3. The van der Waals surface area contributed by atoms with Crippen molar-refractivity contribution in [3.63, 3.8) is 0 Å². The molecule has 1 saturated heterocycles. The summed E-state index contributed by atoms with van der Waals surface area (Å²) in [6.07, 6.45) is -0.812. The molecule has 0 spiro atoms. The van der Waals surface area contributed by atoms with Crippen molar-refractivity contribution in [3.8, 4) is 0 Å². The van der Waals surface area contributed by atoms with E-state index in [1.54, 1.807) is 20.1 Å². The number of hydrogen-bond donors (Lipinski definition) is 2. The van der Waals surface area contributed by atoms with Gasteiger partial charge in [0, 0.05) is 50.8 Å². The Morgan fingerprint density at radius 3 is 2.39 bits per heavy atom. The van der Waals surface area contributed by atoms with E-state index in [0.717, 1.165) is 6.08 Å². The maximum Gasteiger partial charge on any atom is 0.421 e. The van der Waals surface area contributed by atoms with Gasteiger partial charge >= 0.3 is 6.18 Å². The van der Waals surface area contributed by atoms with E-state index in [1.807, 2.05) is 9.80 Å². The van der Waals surface area contributed by atoms with E-state index in [9.17, 15) is 27.9 Å². The van der Waals surface area contributed by atoms with Crippen LogP contribution in [0, 0.1) is 23.7 Å². The molecule has 0 radical (unpaired) electrons. The second-order valence-electron chi connectivity index (χ2n) is 9.87. The lowest BCUT2D eigenvalue weighted by molar-refractivity contribution is -0.142. The highest BCUT2D eigenvalue weighted by atomic mass is 19.4. The Morgan fingerprint density at radius 2 is 1.85 bits per heavy atom. The standard InChI is InChI=1S/C22H30F3N5O3/c1-21(2,33)16-11-27-20(28-12-16)30-5-3-29(4-6-30)19(32)14-7-13(8-14)15-9-17(22(23,24)25)18(31)26-10-15/h9,11,13-16,33H,3-8,10,12H2,1-2H3,(H,26,31). The van der Waals surface area contributed by atoms with Crippen LogP contribution in [0.2, 0.25) is 0 Å². The number of aliphatic imine (C=N–C) groups is 2. The van der Waals surface area contributed by atoms with E-state index in [0.29, 0.717) is 51.5 Å². The zero-order chi connectivity index (χ0) is 24.0. The minimum absolute atomic E-state index is 0.0344. The van der Waals surface area contributed by atoms with Crippen molar-refractivity contribution in [3.05, 3.63) is 11.6 Å². The van der Waals surface area contributed by atoms with Crippen LogP contribution in [0.5, 0.6) is 0 Å². The highest BCUT2D eigenvalue weighted by molar-refractivity contribution is 5.95. The van der Waals surface area contributed by atoms with E-state index < -0.39 is 29.2 Å². The van der Waals surface area contributed by atoms with E-state index in [4.69, 9.17) is 0 Å². The molecule has 8 nitrogen and oxygen atoms in total. The van der Waals surface area contributed by atoms with Crippen LogP contribution in [0.1, 0.15) is 26.7 Å². The van der Waals surface area contributed by atoms with Crippen molar-refractivity contribution in [2.75, 3.05) is 39.3 Å². The summed E-state index contributed by atoms with van der Waals surface area (Å²) in [5.74, 6) is -1.15. The number of aliphatic hydroxyl groups is 1. The molecule has 182 valence electrons. The lowest BCUT2D eigenvalue weighted by atomic mass is 9.67. The first-order valence-electron chi connectivity index (χ1n) is 11.4. The van der Waals surface area contributed by atoms with E-state index in [1.165, 1.54) is 0 Å². The molecular weight excluding hydrogens is 439 g/mol. The molecule has 2 atom stereocenters. The van der Waals surface area contributed by atoms with Crippen LogP contribution in [0.25, 0.3) is 0 Å². The number of nitrogens with one attached hydrogen (secondary N) is 1. The Kier molecular flexibility index (Phi) is 6.28. The molecule has 1 aliphatic carbocycles. The van der Waals surface area contributed by atoms with Crippen LogP contribution in [0.15, 0.2) is 21.6 Å². The van der Waals surface area contributed by atoms with Crippen molar-refractivity contribution in [2.45, 2.75) is 38.5 Å². The van der Waals surface area contributed by atoms with Crippen LogP contribution in [0.4, 0.5) is 13.2 Å². The molecule has 1 saturated carbocycles. The summed E-state index contributed by atoms with van der Waals surface area (Å²) < 4.78 is 39.0. The predicted octanol–water partition coefficient (Wildman–Crippen LogP) is 1.22. The van der Waals surface area contributed by atoms with Crippen LogP contribution in [0.3, 0.4) is 0 Å². The summed E-state index contributed by atoms with van der Waals surface area (Å²) in [7, 11) is 0. The van der Waals surface area contributed by atoms with Crippen molar-refractivity contribution in [2.24, 2.45) is 33.7 Å². The topological polar surface area (TPSA) is 97.6 Å². The molecule has 0 aromatic rings. The first-order valence-corrected chi connectivity index (χ1v) is 11.4. The third-order valence-electron chi connectivity index (χ3n) is 7.14. The average Bonchev–Trinajstić information content (AvgIpc) is 2.72. The number of amides is 2. The Balaban J connectivity index is 1.25. The smallest absolute Gasteiger partial charge is 0.390 e. The SMILES string of the molecule is CC(C)(O)C1C=NC(N2CCN(C(=O)C3CC(C4C=C(C(F)(F)F)C(=O)NC4)C3)CC2)=NC1. The molecule has 3 heterocycles. The third kappa shape index (κ3) is 5.07. The maximum atomic E-state index is 13.0. The molecule has 11 heteroatoms. The first-order chi connectivity index (χ1) is 15.4. The van der Waals surface area contributed by atoms with Crippen LogP contribution in [-0.4, -0.2) is 89.9 Å². The highest BCUT2D eigenvalue weighted by Crippen LogP contribution is 2.42. The maximum absolute atomic E-state index is 13.0. The number of carbonyl (C=O) groups is 2. The number of hydrogen-bond acceptors (Lipinski definition) is 6. The lowest BCUT2D eigenvalue weighted by Crippen LogP contribution is -2.54. The molecule has 33 heavy (non-hydrogen) atoms. The van der Waals surface area contributed by atoms with Gasteiger partial charge in [0.25, 0.3) is 5.91 Å². The van der Waals surface area contributed by atoms with Gasteiger partial charge in [0.05, 0.1) is 12.1 Å². The summed E-state index contributed by atoms with van der Waals surface area (Å²) in [5, 5.41) is 12.4. The zero-order valence-electron chi connectivity index (χ0n) is 18.8. The molecular formula is C22H30F3N5O3. The molecule has 2 fully saturated rings. The zero-order valence-corrected chi connectivity index (χ0v) is 18.8. The Bertz CT molecular complexity index is 879. The van der Waals surface area contributed by atoms with Gasteiger partial charge in [-0.15, -0.1) is 0 Å². The van der Waals surface area contributed by atoms with Crippen molar-refractivity contribution < 1.29 is 27.9 Å². The molecule has 2 unspecified atom stereocenters. The monoisotopic (exact) mass is 469 g/mol. The summed E-state index contributed by atoms with van der Waals surface area (Å²) >= 11 is 0. The minimum atomic E-state index is -4.66. The Hall–Kier alpha value is -2.43. The molecule has 2 N–H and O–H groups in total. The number of carbonyl (C=O) groups excluding carboxylic acids is 2. The van der Waals surface area contributed by atoms with Gasteiger partial charge in [-0.05, 0) is 38.5 Å². The Labute approximate surface area is 190 Å². The fraction of sp³-hybridized carbons (Fsp3) is 0.727. The lowest BCUT2D eigenvalue weighted by Gasteiger charge is -2.44. The summed E-state index contributed by atoms with van der Waals surface area (Å²) in [5.41, 5.74) is -2.01. The van der Waals surface area contributed by atoms with Gasteiger partial charge in [0.2, 0.25) is 11.9 Å². The number of alkyl halides is 3. The quantitative estimate of drug-likeness (QED) is 0.650. The van der Waals surface area contributed by atoms with E-state index in [-0.39, 0.29) is 30.2 Å². The van der Waals surface area contributed by atoms with Gasteiger partial charge in [-0.25, -0.2) is 4.99 Å². The van der Waals surface area contributed by atoms with Gasteiger partial charge in [-0.2, -0.15) is 13.2 Å². The molecule has 0 bridgehead atoms. The van der Waals surface area contributed by atoms with E-state index >= 15 is 0 Å². The molecule has 4 aliphatic rings. The van der Waals surface area contributed by atoms with Crippen molar-refractivity contribution in [1.29, 1.82) is 0 Å². The summed E-state index contributed by atoms with van der Waals surface area (Å²) in [6.45, 7) is 6.42. The fourth-order valence-corrected chi connectivity index (χ4v) is 4.79. The number of halogens is 3. The summed E-state index contributed by atoms with van der Waals surface area (Å²) in [6, 6.07) is 0. The average molecular weight is 470 g/mol. The van der Waals surface area contributed by atoms with Crippen LogP contribution >= 0.6 is 0 Å². The van der Waals surface area contributed by atoms with Crippen LogP contribution < -0.4 is 5.32 Å². The van der Waals surface area contributed by atoms with Gasteiger partial charge in [-0.3, -0.25) is 14.6 Å². The minimum Gasteiger partial charge on any atom is -0.390 e. The number of guanidine groups is 1. The molecule has 0 aromatic heterocycles. The molecule has 4 rings (SSSR count). The number of nitrogens with zero attached hydrogens (tertiary/aromatic N) is 4. The van der Waals surface area contributed by atoms with Gasteiger partial charge < -0.3 is 20.2 Å². The number of piperazine rings is 1. The van der Waals surface area contributed by atoms with Crippen molar-refractivity contribution >= 4 is 24.0 Å². The van der Waals surface area contributed by atoms with E-state index in [2.05, 4.69) is 15.3 Å². The summed E-state index contributed by atoms with van der Waals surface area (Å²) in [4.78, 5) is 37.1. The van der Waals surface area contributed by atoms with Gasteiger partial charge in [0.15, 0.2) is 0 Å². The molecule has 0 aromatic carbocycles. The Morgan fingerprint density at radius 1 is 1.18 bits per heavy atom. The fourth-order valence-electron chi connectivity index (χ4n) is 4.79. The molecule has 2 amide bonds. The van der Waals surface area contributed by atoms with Gasteiger partial charge in [0.1, 0.15) is 5.57 Å². The second kappa shape index (κ2) is 8.73. The highest BCUT2D eigenvalue weighted by Gasteiger charge is 2.46. The van der Waals surface area contributed by atoms with Crippen molar-refractivity contribution in [1.82, 2.24) is 15.1 Å². The first kappa shape index (κ1) is 23.7.